The summed E-state index contributed by atoms with van der Waals surface area (Å²) in [7, 11) is -12.1. The van der Waals surface area contributed by atoms with Crippen molar-refractivity contribution in [3.8, 4) is 17.2 Å². The summed E-state index contributed by atoms with van der Waals surface area (Å²) in [4.78, 5) is 192. The molecule has 5 heterocycles. The number of aliphatic hydroxyl groups excluding tert-OH is 1. The number of aliphatic hydroxyl groups is 1. The van der Waals surface area contributed by atoms with E-state index in [4.69, 9.17) is 102 Å². The molecule has 3 aliphatic rings. The van der Waals surface area contributed by atoms with Crippen LogP contribution in [0, 0.1) is 0 Å². The number of carbonyl (C=O) groups is 14. The summed E-state index contributed by atoms with van der Waals surface area (Å²) in [5, 5.41) is 55.7. The number of anilines is 2. The number of hydrogen-bond donors (Lipinski definition) is 9. The second-order valence-electron chi connectivity index (χ2n) is 24.2. The molecule has 0 bridgehead atoms. The van der Waals surface area contributed by atoms with E-state index in [2.05, 4.69) is 39.5 Å². The minimum Gasteiger partial charge on any atom is -0.481 e. The molecule has 125 heavy (non-hydrogen) atoms. The molecule has 2 aromatic heterocycles. The van der Waals surface area contributed by atoms with Crippen molar-refractivity contribution in [2.75, 3.05) is 70.7 Å². The average molecular weight is 2810 g/mol. The average Bonchev–Trinajstić information content (AvgIpc) is 0.719. The maximum atomic E-state index is 13.8. The van der Waals surface area contributed by atoms with E-state index < -0.39 is 196 Å². The first-order valence-electron chi connectivity index (χ1n) is 35.0. The van der Waals surface area contributed by atoms with Crippen molar-refractivity contribution in [2.24, 2.45) is 0 Å². The third-order valence-electron chi connectivity index (χ3n) is 15.3. The molecule has 3 aliphatic heterocycles. The predicted octanol–water partition coefficient (Wildman–Crippen LogP) is 6.77. The normalized spacial score (nSPS) is 13.9. The number of hydrogen-bond acceptors (Lipinski definition) is 40. The minimum atomic E-state index is -4.19. The number of aliphatic carboxylic acids is 5. The molecule has 700 valence electrons. The molecule has 56 heteroatoms. The number of carbonyl (C=O) groups excluding carboxylic acids is 9. The summed E-state index contributed by atoms with van der Waals surface area (Å²) < 4.78 is 123. The van der Waals surface area contributed by atoms with Gasteiger partial charge in [-0.25, -0.2) is 52.4 Å². The Balaban J connectivity index is 0.000000536. The molecule has 0 radical (unpaired) electrons. The second kappa shape index (κ2) is 49.1. The number of nitrogen functional groups attached to an aromatic ring is 1. The number of nitrogens with zero attached hydrogens (tertiary/aromatic N) is 4. The van der Waals surface area contributed by atoms with Crippen LogP contribution in [0.15, 0.2) is 89.9 Å². The van der Waals surface area contributed by atoms with Crippen LogP contribution in [-0.2, 0) is 143 Å². The number of phosphoric acid groups is 3. The number of halogens is 1. The van der Waals surface area contributed by atoms with Gasteiger partial charge in [0.25, 0.3) is 11.5 Å². The molecule has 0 aliphatic carbocycles. The predicted molar refractivity (Wildman–Crippen MR) is 396 cm³/mol. The molecule has 0 spiro atoms. The Kier molecular flexibility index (Phi) is 40.3. The van der Waals surface area contributed by atoms with Crippen LogP contribution < -0.4 is 35.1 Å². The van der Waals surface area contributed by atoms with Crippen molar-refractivity contribution in [3.63, 3.8) is 0 Å². The van der Waals surface area contributed by atoms with Crippen LogP contribution in [0.4, 0.5) is 21.2 Å². The summed E-state index contributed by atoms with van der Waals surface area (Å²) in [6.45, 7) is -3.47. The molecular formula is C69H73ClFm4N7O41P3. The molecule has 2 amide bonds. The Morgan fingerprint density at radius 1 is 0.504 bits per heavy atom. The summed E-state index contributed by atoms with van der Waals surface area (Å²) in [6, 6.07) is 15.1. The Labute approximate surface area is 684 Å². The summed E-state index contributed by atoms with van der Waals surface area (Å²) in [6.07, 6.45) is -1.96. The number of aromatic amines is 1. The maximum absolute atomic E-state index is 13.8. The Bertz CT molecular complexity index is 5030. The number of carboxylic acid groups (broad SMARTS) is 5. The molecule has 3 fully saturated rings. The van der Waals surface area contributed by atoms with Crippen molar-refractivity contribution < 1.29 is 190 Å². The molecule has 48 nitrogen and oxygen atoms in total. The first kappa shape index (κ1) is 103. The number of nitrogens with one attached hydrogen (secondary N) is 2. The quantitative estimate of drug-likeness (QED) is 0.00635. The number of carboxylic acids is 5. The van der Waals surface area contributed by atoms with Gasteiger partial charge in [-0.2, -0.15) is 4.98 Å². The van der Waals surface area contributed by atoms with E-state index >= 15 is 0 Å². The van der Waals surface area contributed by atoms with E-state index in [-0.39, 0.29) is 134 Å². The number of ether oxygens (including phenoxy) is 8. The monoisotopic (exact) mass is 2810 g/mol. The molecule has 0 saturated carbocycles. The summed E-state index contributed by atoms with van der Waals surface area (Å²) in [5.41, 5.74) is 3.52. The van der Waals surface area contributed by atoms with Gasteiger partial charge in [-0.15, -0.1) is 0 Å². The van der Waals surface area contributed by atoms with Gasteiger partial charge in [0.15, 0.2) is 11.2 Å². The van der Waals surface area contributed by atoms with Gasteiger partial charge in [-0.1, -0.05) is 18.2 Å². The Morgan fingerprint density at radius 2 is 0.888 bits per heavy atom. The van der Waals surface area contributed by atoms with E-state index in [0.717, 1.165) is 11.0 Å². The molecule has 3 saturated heterocycles. The van der Waals surface area contributed by atoms with E-state index in [1.165, 1.54) is 79.0 Å². The van der Waals surface area contributed by atoms with Gasteiger partial charge in [0.1, 0.15) is 53.2 Å². The number of esters is 6. The smallest absolute Gasteiger partial charge is 0.481 e. The van der Waals surface area contributed by atoms with Crippen LogP contribution in [0.25, 0.3) is 11.2 Å². The van der Waals surface area contributed by atoms with Gasteiger partial charge in [0.2, 0.25) is 26.3 Å². The van der Waals surface area contributed by atoms with Crippen molar-refractivity contribution in [1.82, 2.24) is 25.3 Å². The van der Waals surface area contributed by atoms with Crippen molar-refractivity contribution in [2.45, 2.75) is 103 Å². The topological polar surface area (TPSA) is 681 Å². The first-order valence-corrected chi connectivity index (χ1v) is 39.8. The first-order chi connectivity index (χ1) is 57.5. The fraction of sp³-hybridized carbons (Fsp3) is 0.362. The third kappa shape index (κ3) is 33.6. The minimum absolute atomic E-state index is 0. The van der Waals surface area contributed by atoms with E-state index in [9.17, 15) is 95.8 Å². The fourth-order valence-corrected chi connectivity index (χ4v) is 13.4. The number of amides is 2. The number of aromatic nitrogens is 4. The van der Waals surface area contributed by atoms with Gasteiger partial charge in [-0.05, 0) is 103 Å². The van der Waals surface area contributed by atoms with E-state index in [1.54, 1.807) is 0 Å². The van der Waals surface area contributed by atoms with Crippen LogP contribution in [0.2, 0.25) is 0 Å². The summed E-state index contributed by atoms with van der Waals surface area (Å²) >= 11 is 5.12. The number of phosphoric ester groups is 3. The molecule has 10 N–H and O–H groups in total. The zero-order chi connectivity index (χ0) is 88.4. The van der Waals surface area contributed by atoms with Crippen molar-refractivity contribution in [1.29, 1.82) is 0 Å². The van der Waals surface area contributed by atoms with Crippen LogP contribution in [-0.4, -0.2) is 200 Å². The maximum Gasteiger partial charge on any atom is 0.530 e. The van der Waals surface area contributed by atoms with Gasteiger partial charge in [-0.3, -0.25) is 80.2 Å². The van der Waals surface area contributed by atoms with Gasteiger partial charge in [0.05, 0.1) is 103 Å². The number of H-pyrrole nitrogens is 1. The molecule has 4 aromatic carbocycles. The number of nitrogens with two attached hydrogens (primary N) is 1. The van der Waals surface area contributed by atoms with Crippen LogP contribution in [0.3, 0.4) is 0 Å². The SMILES string of the molecule is Nc1nc2ncc(CN(C(=O)OCc3ccc(OP4(=O)OCCCO4)c(C(=O)OCOC(=O)CCC(=O)O)c3)c3ccc(C(=O)NC(CCC(=O)O)C(=O)O)cc3)nc2c(=O)[nH]1.O=C(O)CCC(=O)OCOC(=O)c1cc(CO)ccc1OP1(=O)OCCCO1.O=C(O)CCC(=O)OCOC(=O)c1cc(COC(=O)Cl)ccc1OP1(=O)OCCCO1.[Fm].[Fm].[Fm].[Fm]. The molecule has 9 rings (SSSR count). The van der Waals surface area contributed by atoms with E-state index in [0.29, 0.717) is 30.4 Å². The zero-order valence-corrected chi connectivity index (χ0v) is 76.9. The molecular weight excluding hydrogens is 2740 g/mol. The van der Waals surface area contributed by atoms with Crippen LogP contribution in [0.5, 0.6) is 17.2 Å². The number of fused-ring (bicyclic) bond motifs is 1. The molecule has 1 unspecified atom stereocenters. The zero-order valence-electron chi connectivity index (χ0n) is 63.8. The van der Waals surface area contributed by atoms with Crippen LogP contribution in [0.1, 0.15) is 134 Å². The van der Waals surface area contributed by atoms with E-state index in [1.807, 2.05) is 0 Å². The van der Waals surface area contributed by atoms with Gasteiger partial charge < -0.3 is 93.2 Å². The summed E-state index contributed by atoms with van der Waals surface area (Å²) in [5.74, 6) is -14.1. The largest absolute Gasteiger partial charge is 0.530 e. The number of benzene rings is 4. The Morgan fingerprint density at radius 3 is 1.26 bits per heavy atom. The fourth-order valence-electron chi connectivity index (χ4n) is 9.51. The molecule has 6 aromatic rings. The second-order valence-corrected chi connectivity index (χ2v) is 29.3. The molecule has 1 atom stereocenters. The van der Waals surface area contributed by atoms with Crippen molar-refractivity contribution in [3.05, 3.63) is 140 Å². The van der Waals surface area contributed by atoms with Crippen molar-refractivity contribution >= 4 is 141 Å². The number of rotatable bonds is 38. The van der Waals surface area contributed by atoms with Gasteiger partial charge >= 0.3 is 101 Å². The third-order valence-corrected chi connectivity index (χ3v) is 19.6. The van der Waals surface area contributed by atoms with Crippen LogP contribution >= 0.6 is 35.1 Å². The standard InChI is InChI=1S/C36H36N7O18P.C17H18ClO12P.C16H19O11P.4Fm/c37-35-41-30-29(32(50)42-35)39-21(15-38-30)16-43(22-5-3-20(4-6-22)31(49)40-24(33(51)52)7-9-26(44)45)36(54)56-17-19-2-8-25(61-62(55)59-12-1-13-60-62)23(14-19)34(53)58-18-57-28(48)11-10-27(46)47;18-17(23)25-9-11-2-3-13(30-31(24)28-6-1-7-29-31)12(8-11)16(22)27-10-26-15(21)5-4-14(19)20;17-9-11-2-3-13(27-28(22)25-6-1-7-26-28)12(8-11)16(21)24-10-23-15(20)5-4-14(18)19;;;;/h2-6,8,14-15,24H,1,7,9-13,16-18H2,(H,40,49)(H,44,45)(H,46,47)(H,51,52)(H3,37,38,41,42,50);2-3,8H,1,4-7,9-10H2,(H,19,20);2-3,8,17H,1,4-7,9-10H2,(H,18,19);;;;. The Hall–Kier alpha value is -16.6. The van der Waals surface area contributed by atoms with Gasteiger partial charge in [0, 0.05) is 29.3 Å².